The Hall–Kier alpha value is -1.11. The Bertz CT molecular complexity index is 343. The first-order valence-electron chi connectivity index (χ1n) is 4.22. The summed E-state index contributed by atoms with van der Waals surface area (Å²) in [7, 11) is 0. The lowest BCUT2D eigenvalue weighted by Gasteiger charge is -2.23. The zero-order valence-electron chi connectivity index (χ0n) is 7.47. The van der Waals surface area contributed by atoms with Crippen LogP contribution in [0.15, 0.2) is 0 Å². The van der Waals surface area contributed by atoms with E-state index in [1.54, 1.807) is 6.92 Å². The first-order chi connectivity index (χ1) is 6.50. The van der Waals surface area contributed by atoms with Crippen LogP contribution in [0.4, 0.5) is 13.2 Å². The molecule has 0 bridgehead atoms. The second-order valence-corrected chi connectivity index (χ2v) is 3.29. The molecule has 0 aliphatic carbocycles. The molecule has 0 aromatic carbocycles. The van der Waals surface area contributed by atoms with E-state index in [-0.39, 0.29) is 6.04 Å². The van der Waals surface area contributed by atoms with Gasteiger partial charge in [-0.15, -0.1) is 10.2 Å². The fraction of sp³-hybridized carbons (Fsp3) is 0.714. The molecule has 0 fully saturated rings. The van der Waals surface area contributed by atoms with E-state index in [9.17, 15) is 13.2 Å². The van der Waals surface area contributed by atoms with E-state index in [1.165, 1.54) is 0 Å². The number of rotatable bonds is 0. The van der Waals surface area contributed by atoms with Gasteiger partial charge in [-0.05, 0) is 6.92 Å². The second kappa shape index (κ2) is 2.94. The van der Waals surface area contributed by atoms with Crippen molar-refractivity contribution in [2.24, 2.45) is 0 Å². The van der Waals surface area contributed by atoms with Gasteiger partial charge in [0.25, 0.3) is 0 Å². The number of alkyl halides is 3. The van der Waals surface area contributed by atoms with Crippen LogP contribution in [0.3, 0.4) is 0 Å². The zero-order chi connectivity index (χ0) is 10.3. The van der Waals surface area contributed by atoms with E-state index in [1.807, 2.05) is 0 Å². The van der Waals surface area contributed by atoms with Crippen LogP contribution in [-0.4, -0.2) is 21.3 Å². The third kappa shape index (κ3) is 1.37. The van der Waals surface area contributed by atoms with E-state index in [2.05, 4.69) is 15.5 Å². The SMILES string of the molecule is C[C@@H]1CNCc2nnc(C(F)(F)F)n21. The lowest BCUT2D eigenvalue weighted by atomic mass is 10.2. The van der Waals surface area contributed by atoms with Crippen LogP contribution in [0.5, 0.6) is 0 Å². The fourth-order valence-corrected chi connectivity index (χ4v) is 1.58. The lowest BCUT2D eigenvalue weighted by Crippen LogP contribution is -2.33. The van der Waals surface area contributed by atoms with E-state index in [4.69, 9.17) is 0 Å². The largest absolute Gasteiger partial charge is 0.451 e. The summed E-state index contributed by atoms with van der Waals surface area (Å²) in [6.07, 6.45) is -4.42. The highest BCUT2D eigenvalue weighted by molar-refractivity contribution is 5.04. The topological polar surface area (TPSA) is 42.7 Å². The third-order valence-electron chi connectivity index (χ3n) is 2.18. The number of hydrogen-bond acceptors (Lipinski definition) is 3. The second-order valence-electron chi connectivity index (χ2n) is 3.29. The van der Waals surface area contributed by atoms with Crippen LogP contribution >= 0.6 is 0 Å². The normalized spacial score (nSPS) is 22.1. The Balaban J connectivity index is 2.49. The molecule has 0 spiro atoms. The maximum Gasteiger partial charge on any atom is 0.451 e. The van der Waals surface area contributed by atoms with Crippen LogP contribution in [0.2, 0.25) is 0 Å². The van der Waals surface area contributed by atoms with Crippen LogP contribution in [0.25, 0.3) is 0 Å². The molecule has 7 heteroatoms. The number of fused-ring (bicyclic) bond motifs is 1. The van der Waals surface area contributed by atoms with E-state index >= 15 is 0 Å². The molecule has 0 amide bonds. The van der Waals surface area contributed by atoms with Crippen molar-refractivity contribution in [3.05, 3.63) is 11.6 Å². The highest BCUT2D eigenvalue weighted by atomic mass is 19.4. The summed E-state index contributed by atoms with van der Waals surface area (Å²) in [6, 6.07) is -0.259. The molecule has 78 valence electrons. The molecule has 0 radical (unpaired) electrons. The summed E-state index contributed by atoms with van der Waals surface area (Å²) in [5.41, 5.74) is 0. The van der Waals surface area contributed by atoms with Crippen LogP contribution in [0, 0.1) is 0 Å². The molecule has 1 N–H and O–H groups in total. The summed E-state index contributed by atoms with van der Waals surface area (Å²) in [5.74, 6) is -0.558. The van der Waals surface area contributed by atoms with Gasteiger partial charge in [-0.3, -0.25) is 0 Å². The molecule has 4 nitrogen and oxygen atoms in total. The average molecular weight is 206 g/mol. The smallest absolute Gasteiger partial charge is 0.308 e. The van der Waals surface area contributed by atoms with Crippen molar-refractivity contribution >= 4 is 0 Å². The van der Waals surface area contributed by atoms with Crippen LogP contribution < -0.4 is 5.32 Å². The average Bonchev–Trinajstić information content (AvgIpc) is 2.47. The van der Waals surface area contributed by atoms with Gasteiger partial charge in [0, 0.05) is 12.6 Å². The number of hydrogen-bond donors (Lipinski definition) is 1. The zero-order valence-corrected chi connectivity index (χ0v) is 7.47. The quantitative estimate of drug-likeness (QED) is 0.687. The number of nitrogens with one attached hydrogen (secondary N) is 1. The van der Waals surface area contributed by atoms with E-state index in [0.29, 0.717) is 18.9 Å². The molecule has 2 heterocycles. The highest BCUT2D eigenvalue weighted by Gasteiger charge is 2.40. The first-order valence-corrected chi connectivity index (χ1v) is 4.22. The van der Waals surface area contributed by atoms with Gasteiger partial charge in [0.1, 0.15) is 5.82 Å². The number of aromatic nitrogens is 3. The maximum absolute atomic E-state index is 12.4. The van der Waals surface area contributed by atoms with Gasteiger partial charge in [-0.25, -0.2) is 0 Å². The van der Waals surface area contributed by atoms with Crippen molar-refractivity contribution in [3.8, 4) is 0 Å². The van der Waals surface area contributed by atoms with Crippen molar-refractivity contribution in [3.63, 3.8) is 0 Å². The molecule has 0 saturated carbocycles. The highest BCUT2D eigenvalue weighted by Crippen LogP contribution is 2.30. The lowest BCUT2D eigenvalue weighted by molar-refractivity contribution is -0.148. The predicted octanol–water partition coefficient (Wildman–Crippen LogP) is 0.961. The Morgan fingerprint density at radius 1 is 1.43 bits per heavy atom. The third-order valence-corrected chi connectivity index (χ3v) is 2.18. The molecular formula is C7H9F3N4. The fourth-order valence-electron chi connectivity index (χ4n) is 1.58. The molecule has 1 aromatic heterocycles. The summed E-state index contributed by atoms with van der Waals surface area (Å²) >= 11 is 0. The van der Waals surface area contributed by atoms with E-state index in [0.717, 1.165) is 4.57 Å². The van der Waals surface area contributed by atoms with Gasteiger partial charge in [-0.2, -0.15) is 13.2 Å². The van der Waals surface area contributed by atoms with Crippen LogP contribution in [-0.2, 0) is 12.7 Å². The molecule has 2 rings (SSSR count). The Morgan fingerprint density at radius 2 is 2.14 bits per heavy atom. The number of nitrogens with zero attached hydrogens (tertiary/aromatic N) is 3. The molecule has 1 atom stereocenters. The predicted molar refractivity (Wildman–Crippen MR) is 41.4 cm³/mol. The van der Waals surface area contributed by atoms with Gasteiger partial charge in [0.05, 0.1) is 6.54 Å². The maximum atomic E-state index is 12.4. The Labute approximate surface area is 78.1 Å². The van der Waals surface area contributed by atoms with Crippen molar-refractivity contribution in [1.82, 2.24) is 20.1 Å². The molecule has 0 unspecified atom stereocenters. The molecule has 1 aliphatic heterocycles. The monoisotopic (exact) mass is 206 g/mol. The standard InChI is InChI=1S/C7H9F3N4/c1-4-2-11-3-5-12-13-6(14(4)5)7(8,9)10/h4,11H,2-3H2,1H3/t4-/m1/s1. The van der Waals surface area contributed by atoms with Crippen molar-refractivity contribution < 1.29 is 13.2 Å². The molecule has 1 aromatic rings. The number of halogens is 3. The van der Waals surface area contributed by atoms with Crippen molar-refractivity contribution in [2.75, 3.05) is 6.54 Å². The Morgan fingerprint density at radius 3 is 2.79 bits per heavy atom. The van der Waals surface area contributed by atoms with Crippen LogP contribution in [0.1, 0.15) is 24.6 Å². The van der Waals surface area contributed by atoms with Gasteiger partial charge < -0.3 is 9.88 Å². The first kappa shape index (κ1) is 9.45. The summed E-state index contributed by atoms with van der Waals surface area (Å²) in [6.45, 7) is 2.55. The van der Waals surface area contributed by atoms with Gasteiger partial charge in [0.2, 0.25) is 5.82 Å². The van der Waals surface area contributed by atoms with Crippen molar-refractivity contribution in [2.45, 2.75) is 25.7 Å². The summed E-state index contributed by atoms with van der Waals surface area (Å²) < 4.78 is 38.5. The van der Waals surface area contributed by atoms with Gasteiger partial charge in [0.15, 0.2) is 0 Å². The minimum absolute atomic E-state index is 0.259. The van der Waals surface area contributed by atoms with E-state index < -0.39 is 12.0 Å². The summed E-state index contributed by atoms with van der Waals surface area (Å²) in [5, 5.41) is 9.64. The van der Waals surface area contributed by atoms with Gasteiger partial charge in [-0.1, -0.05) is 0 Å². The molecule has 1 aliphatic rings. The summed E-state index contributed by atoms with van der Waals surface area (Å²) in [4.78, 5) is 0. The molecule has 14 heavy (non-hydrogen) atoms. The minimum Gasteiger partial charge on any atom is -0.308 e. The minimum atomic E-state index is -4.42. The molecule has 0 saturated heterocycles. The van der Waals surface area contributed by atoms with Crippen molar-refractivity contribution in [1.29, 1.82) is 0 Å². The Kier molecular flexibility index (Phi) is 1.99. The molecular weight excluding hydrogens is 197 g/mol. The van der Waals surface area contributed by atoms with Gasteiger partial charge >= 0.3 is 6.18 Å².